The normalized spacial score (nSPS) is 19.5. The van der Waals surface area contributed by atoms with Crippen LogP contribution >= 0.6 is 0 Å². The molecule has 0 spiro atoms. The highest BCUT2D eigenvalue weighted by molar-refractivity contribution is 5.45. The van der Waals surface area contributed by atoms with E-state index in [1.807, 2.05) is 41.4 Å². The Hall–Kier alpha value is -2.34. The van der Waals surface area contributed by atoms with Crippen molar-refractivity contribution >= 4 is 5.65 Å². The first-order chi connectivity index (χ1) is 10.9. The van der Waals surface area contributed by atoms with E-state index in [-0.39, 0.29) is 0 Å². The highest BCUT2D eigenvalue weighted by Crippen LogP contribution is 2.31. The third-order valence-electron chi connectivity index (χ3n) is 4.29. The van der Waals surface area contributed by atoms with Gasteiger partial charge in [-0.15, -0.1) is 0 Å². The van der Waals surface area contributed by atoms with Crippen LogP contribution in [0.5, 0.6) is 0 Å². The average molecular weight is 294 g/mol. The van der Waals surface area contributed by atoms with Gasteiger partial charge in [-0.25, -0.2) is 19.5 Å². The molecule has 0 aromatic carbocycles. The zero-order chi connectivity index (χ0) is 14.8. The third-order valence-corrected chi connectivity index (χ3v) is 4.29. The van der Waals surface area contributed by atoms with E-state index in [9.17, 15) is 0 Å². The van der Waals surface area contributed by atoms with Gasteiger partial charge in [-0.3, -0.25) is 4.90 Å². The Kier molecular flexibility index (Phi) is 3.52. The summed E-state index contributed by atoms with van der Waals surface area (Å²) >= 11 is 0. The van der Waals surface area contributed by atoms with Crippen molar-refractivity contribution in [1.82, 2.24) is 29.5 Å². The Morgan fingerprint density at radius 2 is 2.18 bits per heavy atom. The minimum Gasteiger partial charge on any atom is -0.290 e. The predicted octanol–water partition coefficient (Wildman–Crippen LogP) is 2.25. The molecule has 0 radical (unpaired) electrons. The van der Waals surface area contributed by atoms with Crippen molar-refractivity contribution in [2.75, 3.05) is 6.54 Å². The van der Waals surface area contributed by atoms with Gasteiger partial charge in [0.15, 0.2) is 5.65 Å². The molecule has 1 aliphatic heterocycles. The van der Waals surface area contributed by atoms with Crippen LogP contribution in [0, 0.1) is 0 Å². The highest BCUT2D eigenvalue weighted by Gasteiger charge is 2.25. The zero-order valence-corrected chi connectivity index (χ0v) is 12.3. The molecule has 0 bridgehead atoms. The SMILES string of the molecule is c1cnc2c(CN3CCCC[C@H]3c3ccncn3)cnn2c1. The molecule has 0 aliphatic carbocycles. The molecule has 1 saturated heterocycles. The van der Waals surface area contributed by atoms with E-state index in [1.54, 1.807) is 6.33 Å². The van der Waals surface area contributed by atoms with Crippen molar-refractivity contribution in [2.24, 2.45) is 0 Å². The maximum atomic E-state index is 4.46. The quantitative estimate of drug-likeness (QED) is 0.741. The third kappa shape index (κ3) is 2.46. The van der Waals surface area contributed by atoms with Crippen molar-refractivity contribution in [3.05, 3.63) is 54.5 Å². The largest absolute Gasteiger partial charge is 0.290 e. The maximum Gasteiger partial charge on any atom is 0.159 e. The molecule has 0 unspecified atom stereocenters. The van der Waals surface area contributed by atoms with E-state index >= 15 is 0 Å². The minimum absolute atomic E-state index is 0.357. The zero-order valence-electron chi connectivity index (χ0n) is 12.3. The molecular weight excluding hydrogens is 276 g/mol. The minimum atomic E-state index is 0.357. The standard InChI is InChI=1S/C16H18N6/c1-2-8-21(15(4-1)14-5-7-17-12-19-14)11-13-10-20-22-9-3-6-18-16(13)22/h3,5-7,9-10,12,15H,1-2,4,8,11H2/t15-/m0/s1. The molecule has 6 nitrogen and oxygen atoms in total. The van der Waals surface area contributed by atoms with E-state index in [1.165, 1.54) is 18.4 Å². The molecule has 1 fully saturated rings. The number of piperidine rings is 1. The van der Waals surface area contributed by atoms with Crippen LogP contribution in [0.4, 0.5) is 0 Å². The van der Waals surface area contributed by atoms with E-state index in [2.05, 4.69) is 25.0 Å². The summed E-state index contributed by atoms with van der Waals surface area (Å²) in [6.45, 7) is 1.94. The molecule has 6 heteroatoms. The Labute approximate surface area is 128 Å². The van der Waals surface area contributed by atoms with Crippen LogP contribution in [-0.2, 0) is 6.54 Å². The lowest BCUT2D eigenvalue weighted by Crippen LogP contribution is -2.33. The average Bonchev–Trinajstić information content (AvgIpc) is 2.99. The summed E-state index contributed by atoms with van der Waals surface area (Å²) < 4.78 is 1.83. The van der Waals surface area contributed by atoms with E-state index in [4.69, 9.17) is 0 Å². The van der Waals surface area contributed by atoms with Crippen molar-refractivity contribution < 1.29 is 0 Å². The number of likely N-dealkylation sites (tertiary alicyclic amines) is 1. The fourth-order valence-corrected chi connectivity index (χ4v) is 3.22. The molecule has 3 aromatic rings. The molecule has 4 rings (SSSR count). The van der Waals surface area contributed by atoms with E-state index < -0.39 is 0 Å². The number of nitrogens with zero attached hydrogens (tertiary/aromatic N) is 6. The van der Waals surface area contributed by atoms with Gasteiger partial charge in [-0.1, -0.05) is 6.42 Å². The Balaban J connectivity index is 1.62. The lowest BCUT2D eigenvalue weighted by Gasteiger charge is -2.34. The van der Waals surface area contributed by atoms with Crippen LogP contribution in [0.3, 0.4) is 0 Å². The second-order valence-electron chi connectivity index (χ2n) is 5.67. The monoisotopic (exact) mass is 294 g/mol. The Bertz CT molecular complexity index is 753. The summed E-state index contributed by atoms with van der Waals surface area (Å²) in [4.78, 5) is 15.4. The lowest BCUT2D eigenvalue weighted by atomic mass is 9.98. The van der Waals surface area contributed by atoms with E-state index in [0.717, 1.165) is 30.9 Å². The molecule has 0 amide bonds. The van der Waals surface area contributed by atoms with Crippen LogP contribution in [-0.4, -0.2) is 36.0 Å². The van der Waals surface area contributed by atoms with Gasteiger partial charge in [0.05, 0.1) is 17.9 Å². The van der Waals surface area contributed by atoms with E-state index in [0.29, 0.717) is 6.04 Å². The van der Waals surface area contributed by atoms with Crippen LogP contribution in [0.25, 0.3) is 5.65 Å². The maximum absolute atomic E-state index is 4.46. The van der Waals surface area contributed by atoms with Crippen molar-refractivity contribution in [3.63, 3.8) is 0 Å². The highest BCUT2D eigenvalue weighted by atomic mass is 15.2. The number of hydrogen-bond donors (Lipinski definition) is 0. The fourth-order valence-electron chi connectivity index (χ4n) is 3.22. The number of hydrogen-bond acceptors (Lipinski definition) is 5. The first kappa shape index (κ1) is 13.3. The summed E-state index contributed by atoms with van der Waals surface area (Å²) in [5, 5.41) is 4.38. The van der Waals surface area contributed by atoms with Crippen molar-refractivity contribution in [1.29, 1.82) is 0 Å². The molecule has 1 atom stereocenters. The molecule has 1 aliphatic rings. The number of rotatable bonds is 3. The smallest absolute Gasteiger partial charge is 0.159 e. The summed E-state index contributed by atoms with van der Waals surface area (Å²) in [6.07, 6.45) is 12.8. The van der Waals surface area contributed by atoms with Gasteiger partial charge in [0, 0.05) is 30.7 Å². The number of aromatic nitrogens is 5. The Morgan fingerprint density at radius 1 is 1.18 bits per heavy atom. The number of fused-ring (bicyclic) bond motifs is 1. The second-order valence-corrected chi connectivity index (χ2v) is 5.67. The topological polar surface area (TPSA) is 59.2 Å². The van der Waals surface area contributed by atoms with Gasteiger partial charge in [0.2, 0.25) is 0 Å². The first-order valence-corrected chi connectivity index (χ1v) is 7.69. The molecule has 0 saturated carbocycles. The molecule has 0 N–H and O–H groups in total. The summed E-state index contributed by atoms with van der Waals surface area (Å²) in [7, 11) is 0. The van der Waals surface area contributed by atoms with Gasteiger partial charge in [0.25, 0.3) is 0 Å². The summed E-state index contributed by atoms with van der Waals surface area (Å²) in [5.41, 5.74) is 3.22. The van der Waals surface area contributed by atoms with Gasteiger partial charge in [0.1, 0.15) is 6.33 Å². The molecular formula is C16H18N6. The predicted molar refractivity (Wildman–Crippen MR) is 82.0 cm³/mol. The molecule has 4 heterocycles. The molecule has 22 heavy (non-hydrogen) atoms. The van der Waals surface area contributed by atoms with Crippen LogP contribution in [0.15, 0.2) is 43.2 Å². The van der Waals surface area contributed by atoms with Crippen molar-refractivity contribution in [2.45, 2.75) is 31.8 Å². The fraction of sp³-hybridized carbons (Fsp3) is 0.375. The van der Waals surface area contributed by atoms with Gasteiger partial charge >= 0.3 is 0 Å². The lowest BCUT2D eigenvalue weighted by molar-refractivity contribution is 0.137. The summed E-state index contributed by atoms with van der Waals surface area (Å²) in [6, 6.07) is 4.28. The Morgan fingerprint density at radius 3 is 3.09 bits per heavy atom. The van der Waals surface area contributed by atoms with Crippen LogP contribution in [0.1, 0.15) is 36.6 Å². The second kappa shape index (κ2) is 5.81. The van der Waals surface area contributed by atoms with Crippen LogP contribution in [0.2, 0.25) is 0 Å². The van der Waals surface area contributed by atoms with Gasteiger partial charge in [-0.2, -0.15) is 5.10 Å². The van der Waals surface area contributed by atoms with Crippen LogP contribution < -0.4 is 0 Å². The molecule has 3 aromatic heterocycles. The molecule has 112 valence electrons. The summed E-state index contributed by atoms with van der Waals surface area (Å²) in [5.74, 6) is 0. The van der Waals surface area contributed by atoms with Crippen molar-refractivity contribution in [3.8, 4) is 0 Å². The van der Waals surface area contributed by atoms with Gasteiger partial charge in [-0.05, 0) is 31.5 Å². The first-order valence-electron chi connectivity index (χ1n) is 7.69. The van der Waals surface area contributed by atoms with Gasteiger partial charge < -0.3 is 0 Å².